The van der Waals surface area contributed by atoms with Crippen LogP contribution in [0.4, 0.5) is 0 Å². The van der Waals surface area contributed by atoms with Crippen LogP contribution in [0.15, 0.2) is 35.1 Å². The van der Waals surface area contributed by atoms with Crippen LogP contribution in [0.3, 0.4) is 0 Å². The van der Waals surface area contributed by atoms with Gasteiger partial charge in [-0.2, -0.15) is 0 Å². The SMILES string of the molecule is Cc1c(CNCS(=O)(=O)[O-])c(=O)n(-c2ccccc2)n1C.O.[Na+]. The molecule has 0 saturated carbocycles. The molecule has 23 heavy (non-hydrogen) atoms. The average Bonchev–Trinajstić information content (AvgIpc) is 2.62. The van der Waals surface area contributed by atoms with Crippen molar-refractivity contribution in [1.29, 1.82) is 0 Å². The molecule has 0 radical (unpaired) electrons. The third kappa shape index (κ3) is 5.28. The van der Waals surface area contributed by atoms with Gasteiger partial charge in [-0.15, -0.1) is 0 Å². The molecule has 122 valence electrons. The van der Waals surface area contributed by atoms with Crippen molar-refractivity contribution in [1.82, 2.24) is 14.7 Å². The van der Waals surface area contributed by atoms with E-state index in [0.717, 1.165) is 5.69 Å². The second-order valence-electron chi connectivity index (χ2n) is 4.67. The van der Waals surface area contributed by atoms with Crippen molar-refractivity contribution < 1.29 is 48.0 Å². The Kier molecular flexibility index (Phi) is 8.43. The molecular formula is C13H18N3NaO5S. The minimum absolute atomic E-state index is 0. The van der Waals surface area contributed by atoms with Crippen LogP contribution in [0.1, 0.15) is 11.3 Å². The van der Waals surface area contributed by atoms with E-state index in [1.807, 2.05) is 18.2 Å². The second kappa shape index (κ2) is 8.78. The summed E-state index contributed by atoms with van der Waals surface area (Å²) >= 11 is 0. The van der Waals surface area contributed by atoms with Crippen LogP contribution in [0.5, 0.6) is 0 Å². The molecule has 1 aromatic heterocycles. The smallest absolute Gasteiger partial charge is 0.747 e. The van der Waals surface area contributed by atoms with E-state index in [4.69, 9.17) is 0 Å². The average molecular weight is 351 g/mol. The van der Waals surface area contributed by atoms with E-state index in [1.54, 1.807) is 30.8 Å². The molecule has 10 heteroatoms. The molecule has 0 aliphatic heterocycles. The number of nitrogens with zero attached hydrogens (tertiary/aromatic N) is 2. The summed E-state index contributed by atoms with van der Waals surface area (Å²) in [5.41, 5.74) is 1.62. The largest absolute Gasteiger partial charge is 1.00 e. The van der Waals surface area contributed by atoms with Gasteiger partial charge < -0.3 is 15.3 Å². The Bertz CT molecular complexity index is 799. The van der Waals surface area contributed by atoms with Crippen LogP contribution in [0.25, 0.3) is 5.69 Å². The van der Waals surface area contributed by atoms with Crippen LogP contribution in [-0.2, 0) is 23.7 Å². The fourth-order valence-electron chi connectivity index (χ4n) is 2.13. The minimum Gasteiger partial charge on any atom is -0.747 e. The zero-order valence-corrected chi connectivity index (χ0v) is 16.1. The predicted molar refractivity (Wildman–Crippen MR) is 80.8 cm³/mol. The molecule has 1 aromatic carbocycles. The maximum atomic E-state index is 12.4. The van der Waals surface area contributed by atoms with E-state index < -0.39 is 16.0 Å². The zero-order valence-electron chi connectivity index (χ0n) is 13.2. The Morgan fingerprint density at radius 2 is 1.78 bits per heavy atom. The van der Waals surface area contributed by atoms with Gasteiger partial charge in [0.05, 0.1) is 17.1 Å². The first-order chi connectivity index (χ1) is 9.81. The molecule has 0 bridgehead atoms. The summed E-state index contributed by atoms with van der Waals surface area (Å²) in [4.78, 5) is 12.4. The fraction of sp³-hybridized carbons (Fsp3) is 0.308. The van der Waals surface area contributed by atoms with Crippen LogP contribution < -0.4 is 40.4 Å². The van der Waals surface area contributed by atoms with Gasteiger partial charge in [-0.1, -0.05) is 18.2 Å². The molecule has 0 aliphatic rings. The van der Waals surface area contributed by atoms with Crippen molar-refractivity contribution >= 4 is 10.1 Å². The van der Waals surface area contributed by atoms with Gasteiger partial charge >= 0.3 is 29.6 Å². The molecule has 0 aliphatic carbocycles. The molecule has 0 spiro atoms. The predicted octanol–water partition coefficient (Wildman–Crippen LogP) is -3.74. The van der Waals surface area contributed by atoms with E-state index in [9.17, 15) is 17.8 Å². The number of hydrogen-bond donors (Lipinski definition) is 1. The van der Waals surface area contributed by atoms with Gasteiger partial charge in [-0.3, -0.25) is 9.48 Å². The van der Waals surface area contributed by atoms with Crippen molar-refractivity contribution in [3.05, 3.63) is 51.9 Å². The third-order valence-electron chi connectivity index (χ3n) is 3.25. The van der Waals surface area contributed by atoms with Crippen LogP contribution in [0, 0.1) is 6.92 Å². The molecule has 3 N–H and O–H groups in total. The Labute approximate surface area is 156 Å². The molecule has 1 heterocycles. The van der Waals surface area contributed by atoms with Gasteiger partial charge in [0.15, 0.2) is 0 Å². The molecule has 0 amide bonds. The van der Waals surface area contributed by atoms with Gasteiger partial charge in [-0.25, -0.2) is 13.1 Å². The molecule has 0 saturated heterocycles. The third-order valence-corrected chi connectivity index (χ3v) is 3.81. The van der Waals surface area contributed by atoms with Crippen LogP contribution in [0.2, 0.25) is 0 Å². The summed E-state index contributed by atoms with van der Waals surface area (Å²) in [6.07, 6.45) is 0. The number of nitrogens with one attached hydrogen (secondary N) is 1. The summed E-state index contributed by atoms with van der Waals surface area (Å²) in [6.45, 7) is 1.79. The second-order valence-corrected chi connectivity index (χ2v) is 6.07. The van der Waals surface area contributed by atoms with Crippen LogP contribution in [-0.4, -0.2) is 33.7 Å². The number of para-hydroxylation sites is 1. The molecule has 0 fully saturated rings. The first-order valence-corrected chi connectivity index (χ1v) is 7.86. The number of aromatic nitrogens is 2. The molecular weight excluding hydrogens is 333 g/mol. The Morgan fingerprint density at radius 3 is 2.30 bits per heavy atom. The molecule has 0 atom stereocenters. The molecule has 2 rings (SSSR count). The number of rotatable bonds is 5. The van der Waals surface area contributed by atoms with E-state index in [2.05, 4.69) is 5.32 Å². The van der Waals surface area contributed by atoms with E-state index in [1.165, 1.54) is 4.68 Å². The van der Waals surface area contributed by atoms with Crippen LogP contribution >= 0.6 is 0 Å². The van der Waals surface area contributed by atoms with Gasteiger partial charge in [0.25, 0.3) is 5.56 Å². The van der Waals surface area contributed by atoms with Gasteiger partial charge in [0.2, 0.25) is 0 Å². The summed E-state index contributed by atoms with van der Waals surface area (Å²) in [5.74, 6) is -0.702. The standard InChI is InChI=1S/C13H17N3O4S.Na.H2O/c1-10-12(8-14-9-21(18,19)20)13(17)16(15(10)2)11-6-4-3-5-7-11;;/h3-7,14H,8-9H2,1-2H3,(H,18,19,20);;1H2/q;+1;/p-1. The molecule has 0 unspecified atom stereocenters. The quantitative estimate of drug-likeness (QED) is 0.437. The monoisotopic (exact) mass is 351 g/mol. The summed E-state index contributed by atoms with van der Waals surface area (Å²) in [5, 5.41) is 2.49. The Hall–Kier alpha value is -0.940. The van der Waals surface area contributed by atoms with Crippen molar-refractivity contribution in [2.45, 2.75) is 13.5 Å². The van der Waals surface area contributed by atoms with Crippen molar-refractivity contribution in [2.75, 3.05) is 5.88 Å². The summed E-state index contributed by atoms with van der Waals surface area (Å²) in [6, 6.07) is 9.12. The van der Waals surface area contributed by atoms with Crippen molar-refractivity contribution in [3.63, 3.8) is 0 Å². The van der Waals surface area contributed by atoms with Gasteiger partial charge in [0, 0.05) is 19.3 Å². The summed E-state index contributed by atoms with van der Waals surface area (Å²) < 4.78 is 34.9. The fourth-order valence-corrected chi connectivity index (χ4v) is 2.48. The summed E-state index contributed by atoms with van der Waals surface area (Å²) in [7, 11) is -2.60. The first-order valence-electron chi connectivity index (χ1n) is 6.28. The van der Waals surface area contributed by atoms with E-state index >= 15 is 0 Å². The van der Waals surface area contributed by atoms with Gasteiger partial charge in [0.1, 0.15) is 10.1 Å². The molecule has 8 nitrogen and oxygen atoms in total. The van der Waals surface area contributed by atoms with E-state index in [0.29, 0.717) is 11.3 Å². The number of benzene rings is 1. The minimum atomic E-state index is -4.35. The molecule has 2 aromatic rings. The topological polar surface area (TPSA) is 128 Å². The zero-order chi connectivity index (χ0) is 15.6. The van der Waals surface area contributed by atoms with Gasteiger partial charge in [-0.05, 0) is 19.1 Å². The van der Waals surface area contributed by atoms with E-state index in [-0.39, 0.29) is 47.1 Å². The Balaban J connectivity index is 0.00000242. The number of hydrogen-bond acceptors (Lipinski definition) is 5. The first kappa shape index (κ1) is 22.1. The Morgan fingerprint density at radius 1 is 1.22 bits per heavy atom. The normalized spacial score (nSPS) is 10.7. The maximum Gasteiger partial charge on any atom is 1.00 e. The van der Waals surface area contributed by atoms with Crippen molar-refractivity contribution in [2.24, 2.45) is 7.05 Å². The maximum absolute atomic E-state index is 12.4. The van der Waals surface area contributed by atoms with Crippen molar-refractivity contribution in [3.8, 4) is 5.69 Å².